The van der Waals surface area contributed by atoms with Gasteiger partial charge in [0.05, 0.1) is 0 Å². The fourth-order valence-corrected chi connectivity index (χ4v) is 1.89. The van der Waals surface area contributed by atoms with Gasteiger partial charge in [-0.05, 0) is 25.8 Å². The molecule has 0 aromatic carbocycles. The van der Waals surface area contributed by atoms with Gasteiger partial charge in [0.1, 0.15) is 5.15 Å². The molecular weight excluding hydrogens is 212 g/mol. The molecule has 0 saturated carbocycles. The number of aromatic nitrogens is 1. The molecule has 15 heavy (non-hydrogen) atoms. The topological polar surface area (TPSA) is 34.1 Å². The lowest BCUT2D eigenvalue weighted by atomic mass is 10.1. The van der Waals surface area contributed by atoms with E-state index in [4.69, 9.17) is 16.3 Å². The Bertz CT molecular complexity index is 337. The highest BCUT2D eigenvalue weighted by Gasteiger charge is 2.14. The van der Waals surface area contributed by atoms with E-state index in [1.807, 2.05) is 13.0 Å². The lowest BCUT2D eigenvalue weighted by Crippen LogP contribution is -2.28. The van der Waals surface area contributed by atoms with Crippen LogP contribution in [0.4, 0.5) is 5.69 Å². The third-order valence-electron chi connectivity index (χ3n) is 2.72. The third kappa shape index (κ3) is 2.61. The fraction of sp³-hybridized carbons (Fsp3) is 0.545. The Kier molecular flexibility index (Phi) is 3.44. The Balaban J connectivity index is 2.06. The molecule has 2 rings (SSSR count). The average Bonchev–Trinajstić information content (AvgIpc) is 2.26. The molecule has 1 fully saturated rings. The number of rotatable bonds is 2. The van der Waals surface area contributed by atoms with E-state index in [9.17, 15) is 0 Å². The van der Waals surface area contributed by atoms with Crippen molar-refractivity contribution < 1.29 is 4.74 Å². The van der Waals surface area contributed by atoms with Crippen LogP contribution >= 0.6 is 11.6 Å². The van der Waals surface area contributed by atoms with Gasteiger partial charge < -0.3 is 10.1 Å². The SMILES string of the molecule is Cc1c(NC2CCOCC2)ccnc1Cl. The van der Waals surface area contributed by atoms with Crippen LogP contribution in [0.3, 0.4) is 0 Å². The van der Waals surface area contributed by atoms with Crippen molar-refractivity contribution in [3.8, 4) is 0 Å². The number of halogens is 1. The first-order valence-corrected chi connectivity index (χ1v) is 5.60. The summed E-state index contributed by atoms with van der Waals surface area (Å²) in [4.78, 5) is 4.03. The van der Waals surface area contributed by atoms with Gasteiger partial charge in [-0.2, -0.15) is 0 Å². The van der Waals surface area contributed by atoms with E-state index >= 15 is 0 Å². The van der Waals surface area contributed by atoms with Crippen molar-refractivity contribution in [1.29, 1.82) is 0 Å². The Morgan fingerprint density at radius 3 is 2.93 bits per heavy atom. The van der Waals surface area contributed by atoms with Crippen molar-refractivity contribution in [3.63, 3.8) is 0 Å². The molecule has 3 nitrogen and oxygen atoms in total. The molecule has 82 valence electrons. The molecule has 0 atom stereocenters. The molecule has 0 spiro atoms. The smallest absolute Gasteiger partial charge is 0.133 e. The van der Waals surface area contributed by atoms with Gasteiger partial charge in [-0.15, -0.1) is 0 Å². The monoisotopic (exact) mass is 226 g/mol. The van der Waals surface area contributed by atoms with Gasteiger partial charge in [0.25, 0.3) is 0 Å². The number of nitrogens with zero attached hydrogens (tertiary/aromatic N) is 1. The fourth-order valence-electron chi connectivity index (χ4n) is 1.73. The van der Waals surface area contributed by atoms with Crippen molar-refractivity contribution in [2.45, 2.75) is 25.8 Å². The zero-order valence-electron chi connectivity index (χ0n) is 8.79. The summed E-state index contributed by atoms with van der Waals surface area (Å²) < 4.78 is 5.31. The Labute approximate surface area is 94.8 Å². The zero-order valence-corrected chi connectivity index (χ0v) is 9.55. The van der Waals surface area contributed by atoms with Crippen LogP contribution in [-0.4, -0.2) is 24.2 Å². The van der Waals surface area contributed by atoms with E-state index in [-0.39, 0.29) is 0 Å². The van der Waals surface area contributed by atoms with Gasteiger partial charge in [-0.25, -0.2) is 4.98 Å². The van der Waals surface area contributed by atoms with Gasteiger partial charge in [0.15, 0.2) is 0 Å². The molecule has 1 saturated heterocycles. The number of hydrogen-bond donors (Lipinski definition) is 1. The first kappa shape index (κ1) is 10.7. The number of anilines is 1. The van der Waals surface area contributed by atoms with Crippen molar-refractivity contribution in [2.24, 2.45) is 0 Å². The lowest BCUT2D eigenvalue weighted by Gasteiger charge is -2.25. The molecule has 1 aromatic heterocycles. The van der Waals surface area contributed by atoms with Crippen LogP contribution in [0.25, 0.3) is 0 Å². The van der Waals surface area contributed by atoms with E-state index in [0.29, 0.717) is 11.2 Å². The molecular formula is C11H15ClN2O. The highest BCUT2D eigenvalue weighted by molar-refractivity contribution is 6.30. The quantitative estimate of drug-likeness (QED) is 0.788. The first-order valence-electron chi connectivity index (χ1n) is 5.23. The number of nitrogens with one attached hydrogen (secondary N) is 1. The highest BCUT2D eigenvalue weighted by Crippen LogP contribution is 2.23. The average molecular weight is 227 g/mol. The van der Waals surface area contributed by atoms with Crippen LogP contribution in [0, 0.1) is 6.92 Å². The van der Waals surface area contributed by atoms with Crippen molar-refractivity contribution in [3.05, 3.63) is 23.0 Å². The summed E-state index contributed by atoms with van der Waals surface area (Å²) in [5.74, 6) is 0. The van der Waals surface area contributed by atoms with Gasteiger partial charge in [-0.1, -0.05) is 11.6 Å². The summed E-state index contributed by atoms with van der Waals surface area (Å²) in [6.07, 6.45) is 3.84. The van der Waals surface area contributed by atoms with Crippen LogP contribution in [0.15, 0.2) is 12.3 Å². The normalized spacial score (nSPS) is 17.7. The van der Waals surface area contributed by atoms with E-state index in [1.165, 1.54) is 0 Å². The lowest BCUT2D eigenvalue weighted by molar-refractivity contribution is 0.0904. The summed E-state index contributed by atoms with van der Waals surface area (Å²) in [7, 11) is 0. The van der Waals surface area contributed by atoms with Crippen LogP contribution < -0.4 is 5.32 Å². The van der Waals surface area contributed by atoms with E-state index in [1.54, 1.807) is 6.20 Å². The van der Waals surface area contributed by atoms with Crippen LogP contribution in [0.2, 0.25) is 5.15 Å². The summed E-state index contributed by atoms with van der Waals surface area (Å²) in [6.45, 7) is 3.67. The number of hydrogen-bond acceptors (Lipinski definition) is 3. The Hall–Kier alpha value is -0.800. The zero-order chi connectivity index (χ0) is 10.7. The number of ether oxygens (including phenoxy) is 1. The summed E-state index contributed by atoms with van der Waals surface area (Å²) >= 11 is 5.96. The highest BCUT2D eigenvalue weighted by atomic mass is 35.5. The summed E-state index contributed by atoms with van der Waals surface area (Å²) in [5.41, 5.74) is 2.10. The first-order chi connectivity index (χ1) is 7.27. The van der Waals surface area contributed by atoms with E-state index in [0.717, 1.165) is 37.3 Å². The summed E-state index contributed by atoms with van der Waals surface area (Å²) in [5, 5.41) is 4.06. The van der Waals surface area contributed by atoms with Crippen molar-refractivity contribution in [1.82, 2.24) is 4.98 Å². The molecule has 1 aromatic rings. The predicted octanol–water partition coefficient (Wildman–Crippen LogP) is 2.63. The van der Waals surface area contributed by atoms with E-state index in [2.05, 4.69) is 10.3 Å². The summed E-state index contributed by atoms with van der Waals surface area (Å²) in [6, 6.07) is 2.47. The van der Waals surface area contributed by atoms with Crippen LogP contribution in [0.5, 0.6) is 0 Å². The van der Waals surface area contributed by atoms with Gasteiger partial charge in [0.2, 0.25) is 0 Å². The molecule has 0 radical (unpaired) electrons. The minimum absolute atomic E-state index is 0.496. The standard InChI is InChI=1S/C11H15ClN2O/c1-8-10(2-5-13-11(8)12)14-9-3-6-15-7-4-9/h2,5,9H,3-4,6-7H2,1H3,(H,13,14). The second kappa shape index (κ2) is 4.81. The largest absolute Gasteiger partial charge is 0.382 e. The molecule has 0 bridgehead atoms. The number of pyridine rings is 1. The molecule has 0 unspecified atom stereocenters. The molecule has 1 aliphatic heterocycles. The molecule has 1 aliphatic rings. The Morgan fingerprint density at radius 1 is 1.47 bits per heavy atom. The maximum absolute atomic E-state index is 5.96. The van der Waals surface area contributed by atoms with Crippen LogP contribution in [0.1, 0.15) is 18.4 Å². The van der Waals surface area contributed by atoms with Crippen molar-refractivity contribution in [2.75, 3.05) is 18.5 Å². The molecule has 2 heterocycles. The Morgan fingerprint density at radius 2 is 2.20 bits per heavy atom. The van der Waals surface area contributed by atoms with E-state index < -0.39 is 0 Å². The molecule has 0 aliphatic carbocycles. The van der Waals surface area contributed by atoms with Gasteiger partial charge in [-0.3, -0.25) is 0 Å². The van der Waals surface area contributed by atoms with Crippen molar-refractivity contribution >= 4 is 17.3 Å². The minimum atomic E-state index is 0.496. The van der Waals surface area contributed by atoms with Crippen LogP contribution in [-0.2, 0) is 4.74 Å². The molecule has 1 N–H and O–H groups in total. The maximum Gasteiger partial charge on any atom is 0.133 e. The predicted molar refractivity (Wildman–Crippen MR) is 61.4 cm³/mol. The third-order valence-corrected chi connectivity index (χ3v) is 3.10. The molecule has 4 heteroatoms. The second-order valence-corrected chi connectivity index (χ2v) is 4.16. The van der Waals surface area contributed by atoms with Gasteiger partial charge >= 0.3 is 0 Å². The second-order valence-electron chi connectivity index (χ2n) is 3.81. The van der Waals surface area contributed by atoms with Gasteiger partial charge in [0, 0.05) is 36.7 Å². The minimum Gasteiger partial charge on any atom is -0.382 e. The molecule has 0 amide bonds. The maximum atomic E-state index is 5.96.